The lowest BCUT2D eigenvalue weighted by Gasteiger charge is -2.06. The van der Waals surface area contributed by atoms with Crippen LogP contribution in [0.4, 0.5) is 10.1 Å². The van der Waals surface area contributed by atoms with Gasteiger partial charge in [0.05, 0.1) is 16.1 Å². The molecule has 1 amide bonds. The minimum absolute atomic E-state index is 0.280. The van der Waals surface area contributed by atoms with Gasteiger partial charge in [-0.1, -0.05) is 12.1 Å². The first kappa shape index (κ1) is 19.1. The molecule has 0 bridgehead atoms. The number of nitrogens with one attached hydrogen (secondary N) is 1. The molecular weight excluding hydrogens is 385 g/mol. The number of nitrogens with zero attached hydrogens (tertiary/aromatic N) is 2. The summed E-state index contributed by atoms with van der Waals surface area (Å²) in [5, 5.41) is 4.68. The number of hydrogen-bond donors (Lipinski definition) is 1. The van der Waals surface area contributed by atoms with Crippen LogP contribution in [0.25, 0.3) is 10.9 Å². The number of rotatable bonds is 5. The number of thioether (sulfide) groups is 1. The Morgan fingerprint density at radius 3 is 2.62 bits per heavy atom. The third kappa shape index (κ3) is 4.78. The fourth-order valence-electron chi connectivity index (χ4n) is 2.86. The standard InChI is InChI=1S/C23H18FN3OS/c1-15-2-4-17-12-16(3-10-21(17)26-15)14-29-22-11-5-18(13-25-22)23(28)27-20-8-6-19(24)7-9-20/h2-13H,14H2,1H3,(H,27,28). The molecule has 4 aromatic rings. The van der Waals surface area contributed by atoms with Crippen LogP contribution in [-0.4, -0.2) is 15.9 Å². The Kier molecular flexibility index (Phi) is 5.53. The van der Waals surface area contributed by atoms with E-state index in [1.165, 1.54) is 29.8 Å². The molecule has 0 aliphatic carbocycles. The van der Waals surface area contributed by atoms with Crippen molar-refractivity contribution < 1.29 is 9.18 Å². The van der Waals surface area contributed by atoms with Crippen LogP contribution in [0.5, 0.6) is 0 Å². The molecule has 0 aliphatic rings. The van der Waals surface area contributed by atoms with Crippen molar-refractivity contribution >= 4 is 34.3 Å². The molecule has 0 saturated heterocycles. The molecule has 2 heterocycles. The highest BCUT2D eigenvalue weighted by atomic mass is 32.2. The number of carbonyl (C=O) groups is 1. The highest BCUT2D eigenvalue weighted by Crippen LogP contribution is 2.23. The molecule has 0 fully saturated rings. The molecule has 29 heavy (non-hydrogen) atoms. The molecule has 0 atom stereocenters. The fourth-order valence-corrected chi connectivity index (χ4v) is 3.65. The van der Waals surface area contributed by atoms with Crippen LogP contribution in [0.2, 0.25) is 0 Å². The molecule has 0 saturated carbocycles. The van der Waals surface area contributed by atoms with Crippen molar-refractivity contribution in [1.82, 2.24) is 9.97 Å². The third-order valence-corrected chi connectivity index (χ3v) is 5.40. The van der Waals surface area contributed by atoms with Gasteiger partial charge in [-0.05, 0) is 67.1 Å². The van der Waals surface area contributed by atoms with Gasteiger partial charge in [0.1, 0.15) is 5.82 Å². The topological polar surface area (TPSA) is 54.9 Å². The zero-order valence-electron chi connectivity index (χ0n) is 15.7. The van der Waals surface area contributed by atoms with Gasteiger partial charge in [0.15, 0.2) is 0 Å². The van der Waals surface area contributed by atoms with E-state index >= 15 is 0 Å². The van der Waals surface area contributed by atoms with E-state index in [2.05, 4.69) is 33.5 Å². The van der Waals surface area contributed by atoms with Gasteiger partial charge in [0, 0.05) is 28.7 Å². The second-order valence-corrected chi connectivity index (χ2v) is 7.61. The maximum atomic E-state index is 13.0. The Balaban J connectivity index is 1.38. The quantitative estimate of drug-likeness (QED) is 0.439. The molecule has 6 heteroatoms. The zero-order valence-corrected chi connectivity index (χ0v) is 16.5. The summed E-state index contributed by atoms with van der Waals surface area (Å²) in [4.78, 5) is 21.2. The average Bonchev–Trinajstić information content (AvgIpc) is 2.74. The van der Waals surface area contributed by atoms with Crippen molar-refractivity contribution in [2.45, 2.75) is 17.7 Å². The Morgan fingerprint density at radius 2 is 1.86 bits per heavy atom. The first-order valence-corrected chi connectivity index (χ1v) is 10.1. The van der Waals surface area contributed by atoms with E-state index < -0.39 is 0 Å². The number of pyridine rings is 2. The first-order chi connectivity index (χ1) is 14.1. The summed E-state index contributed by atoms with van der Waals surface area (Å²) in [6, 6.07) is 19.6. The Hall–Kier alpha value is -3.25. The predicted octanol–water partition coefficient (Wildman–Crippen LogP) is 5.62. The van der Waals surface area contributed by atoms with Crippen LogP contribution in [0.15, 0.2) is 78.0 Å². The summed E-state index contributed by atoms with van der Waals surface area (Å²) < 4.78 is 13.0. The minimum Gasteiger partial charge on any atom is -0.322 e. The Labute approximate surface area is 172 Å². The van der Waals surface area contributed by atoms with Gasteiger partial charge >= 0.3 is 0 Å². The van der Waals surface area contributed by atoms with Crippen LogP contribution < -0.4 is 5.32 Å². The van der Waals surface area contributed by atoms with E-state index in [-0.39, 0.29) is 11.7 Å². The van der Waals surface area contributed by atoms with Crippen LogP contribution in [0, 0.1) is 12.7 Å². The van der Waals surface area contributed by atoms with Gasteiger partial charge in [0.2, 0.25) is 0 Å². The smallest absolute Gasteiger partial charge is 0.257 e. The van der Waals surface area contributed by atoms with Crippen LogP contribution in [-0.2, 0) is 5.75 Å². The number of amides is 1. The van der Waals surface area contributed by atoms with E-state index in [9.17, 15) is 9.18 Å². The molecule has 0 aliphatic heterocycles. The molecule has 0 unspecified atom stereocenters. The molecule has 0 radical (unpaired) electrons. The van der Waals surface area contributed by atoms with E-state index in [0.29, 0.717) is 11.3 Å². The molecule has 4 rings (SSSR count). The van der Waals surface area contributed by atoms with E-state index in [1.807, 2.05) is 25.1 Å². The molecular formula is C23H18FN3OS. The number of aryl methyl sites for hydroxylation is 1. The number of benzene rings is 2. The van der Waals surface area contributed by atoms with Crippen molar-refractivity contribution in [1.29, 1.82) is 0 Å². The van der Waals surface area contributed by atoms with Gasteiger partial charge in [-0.2, -0.15) is 0 Å². The lowest BCUT2D eigenvalue weighted by Crippen LogP contribution is -2.12. The molecule has 144 valence electrons. The second kappa shape index (κ2) is 8.41. The summed E-state index contributed by atoms with van der Waals surface area (Å²) in [7, 11) is 0. The number of aromatic nitrogens is 2. The largest absolute Gasteiger partial charge is 0.322 e. The normalized spacial score (nSPS) is 10.8. The minimum atomic E-state index is -0.344. The lowest BCUT2D eigenvalue weighted by molar-refractivity contribution is 0.102. The molecule has 2 aromatic carbocycles. The monoisotopic (exact) mass is 403 g/mol. The summed E-state index contributed by atoms with van der Waals surface area (Å²) in [5.74, 6) is 0.152. The maximum absolute atomic E-state index is 13.0. The molecule has 1 N–H and O–H groups in total. The van der Waals surface area contributed by atoms with Crippen molar-refractivity contribution in [3.05, 3.63) is 95.6 Å². The average molecular weight is 403 g/mol. The number of carbonyl (C=O) groups excluding carboxylic acids is 1. The van der Waals surface area contributed by atoms with Gasteiger partial charge in [-0.25, -0.2) is 9.37 Å². The number of hydrogen-bond acceptors (Lipinski definition) is 4. The molecule has 4 nitrogen and oxygen atoms in total. The number of halogens is 1. The highest BCUT2D eigenvalue weighted by molar-refractivity contribution is 7.98. The van der Waals surface area contributed by atoms with Crippen molar-refractivity contribution in [2.75, 3.05) is 5.32 Å². The number of anilines is 1. The van der Waals surface area contributed by atoms with Gasteiger partial charge in [-0.15, -0.1) is 11.8 Å². The van der Waals surface area contributed by atoms with Gasteiger partial charge in [-0.3, -0.25) is 9.78 Å². The third-order valence-electron chi connectivity index (χ3n) is 4.38. The van der Waals surface area contributed by atoms with Gasteiger partial charge in [0.25, 0.3) is 5.91 Å². The molecule has 2 aromatic heterocycles. The summed E-state index contributed by atoms with van der Waals surface area (Å²) in [5.41, 5.74) is 4.18. The van der Waals surface area contributed by atoms with E-state index in [0.717, 1.165) is 27.4 Å². The Morgan fingerprint density at radius 1 is 1.03 bits per heavy atom. The molecule has 0 spiro atoms. The van der Waals surface area contributed by atoms with Crippen LogP contribution >= 0.6 is 11.8 Å². The summed E-state index contributed by atoms with van der Waals surface area (Å²) >= 11 is 1.61. The van der Waals surface area contributed by atoms with Gasteiger partial charge < -0.3 is 5.32 Å². The lowest BCUT2D eigenvalue weighted by atomic mass is 10.1. The summed E-state index contributed by atoms with van der Waals surface area (Å²) in [6.07, 6.45) is 1.55. The first-order valence-electron chi connectivity index (χ1n) is 9.09. The Bertz CT molecular complexity index is 1160. The van der Waals surface area contributed by atoms with Crippen LogP contribution in [0.3, 0.4) is 0 Å². The summed E-state index contributed by atoms with van der Waals surface area (Å²) in [6.45, 7) is 1.98. The zero-order chi connectivity index (χ0) is 20.2. The second-order valence-electron chi connectivity index (χ2n) is 6.61. The van der Waals surface area contributed by atoms with Crippen molar-refractivity contribution in [3.8, 4) is 0 Å². The maximum Gasteiger partial charge on any atom is 0.257 e. The predicted molar refractivity (Wildman–Crippen MR) is 115 cm³/mol. The fraction of sp³-hybridized carbons (Fsp3) is 0.0870. The SMILES string of the molecule is Cc1ccc2cc(CSc3ccc(C(=O)Nc4ccc(F)cc4)cn3)ccc2n1. The van der Waals surface area contributed by atoms with E-state index in [1.54, 1.807) is 24.0 Å². The van der Waals surface area contributed by atoms with Crippen molar-refractivity contribution in [2.24, 2.45) is 0 Å². The van der Waals surface area contributed by atoms with Crippen molar-refractivity contribution in [3.63, 3.8) is 0 Å². The van der Waals surface area contributed by atoms with Crippen LogP contribution in [0.1, 0.15) is 21.6 Å². The number of fused-ring (bicyclic) bond motifs is 1. The highest BCUT2D eigenvalue weighted by Gasteiger charge is 2.08. The van der Waals surface area contributed by atoms with E-state index in [4.69, 9.17) is 0 Å².